The number of carboxylic acids is 2. The average molecular weight is 498 g/mol. The van der Waals surface area contributed by atoms with E-state index in [0.717, 1.165) is 36.4 Å². The molecule has 0 saturated carbocycles. The van der Waals surface area contributed by atoms with Crippen LogP contribution in [-0.4, -0.2) is 48.1 Å². The van der Waals surface area contributed by atoms with Gasteiger partial charge in [-0.05, 0) is 24.3 Å². The SMILES string of the molecule is O=C(O)c1cccc(S(=O)(=O)O)c1[O-].O=C(O)c1cccc(S(=O)(=O)O)c1[O-].[Cu+2]. The maximum atomic E-state index is 11.1. The van der Waals surface area contributed by atoms with Crippen molar-refractivity contribution in [3.63, 3.8) is 0 Å². The molecule has 0 aliphatic carbocycles. The zero-order valence-corrected chi connectivity index (χ0v) is 16.2. The zero-order valence-electron chi connectivity index (χ0n) is 13.6. The van der Waals surface area contributed by atoms with Crippen molar-refractivity contribution in [3.8, 4) is 11.5 Å². The predicted molar refractivity (Wildman–Crippen MR) is 85.3 cm³/mol. The summed E-state index contributed by atoms with van der Waals surface area (Å²) in [6.45, 7) is 0. The van der Waals surface area contributed by atoms with Crippen molar-refractivity contribution in [2.24, 2.45) is 0 Å². The van der Waals surface area contributed by atoms with Crippen molar-refractivity contribution < 1.29 is 73.0 Å². The van der Waals surface area contributed by atoms with Gasteiger partial charge in [0, 0.05) is 0 Å². The van der Waals surface area contributed by atoms with Crippen LogP contribution in [0.3, 0.4) is 0 Å². The molecule has 0 unspecified atom stereocenters. The van der Waals surface area contributed by atoms with Gasteiger partial charge in [-0.1, -0.05) is 23.6 Å². The number of benzene rings is 2. The van der Waals surface area contributed by atoms with Crippen LogP contribution in [0.2, 0.25) is 0 Å². The van der Waals surface area contributed by atoms with Gasteiger partial charge in [0.05, 0.1) is 20.9 Å². The Morgan fingerprint density at radius 2 is 0.966 bits per heavy atom. The molecule has 12 nitrogen and oxygen atoms in total. The number of hydrogen-bond acceptors (Lipinski definition) is 8. The van der Waals surface area contributed by atoms with E-state index in [1.54, 1.807) is 0 Å². The summed E-state index contributed by atoms with van der Waals surface area (Å²) in [5.41, 5.74) is -1.39. The Bertz CT molecular complexity index is 1050. The van der Waals surface area contributed by atoms with Gasteiger partial charge >= 0.3 is 29.0 Å². The fourth-order valence-electron chi connectivity index (χ4n) is 1.77. The fourth-order valence-corrected chi connectivity index (χ4v) is 2.96. The van der Waals surface area contributed by atoms with Crippen molar-refractivity contribution >= 4 is 32.2 Å². The summed E-state index contributed by atoms with van der Waals surface area (Å²) in [7, 11) is -9.33. The Hall–Kier alpha value is -2.68. The zero-order chi connectivity index (χ0) is 21.9. The number of carboxylic acid groups (broad SMARTS) is 2. The van der Waals surface area contributed by atoms with E-state index >= 15 is 0 Å². The second-order valence-corrected chi connectivity index (χ2v) is 7.61. The Morgan fingerprint density at radius 3 is 1.17 bits per heavy atom. The molecule has 0 saturated heterocycles. The topological polar surface area (TPSA) is 229 Å². The number of para-hydroxylation sites is 2. The third kappa shape index (κ3) is 6.70. The van der Waals surface area contributed by atoms with Crippen molar-refractivity contribution in [2.75, 3.05) is 0 Å². The minimum Gasteiger partial charge on any atom is -0.871 e. The van der Waals surface area contributed by atoms with Gasteiger partial charge in [0.2, 0.25) is 0 Å². The molecule has 0 aliphatic rings. The first kappa shape index (κ1) is 26.3. The molecule has 0 amide bonds. The van der Waals surface area contributed by atoms with E-state index in [4.69, 9.17) is 19.3 Å². The quantitative estimate of drug-likeness (QED) is 0.306. The molecule has 0 aromatic heterocycles. The van der Waals surface area contributed by atoms with Crippen LogP contribution >= 0.6 is 0 Å². The van der Waals surface area contributed by atoms with Crippen LogP contribution < -0.4 is 10.2 Å². The van der Waals surface area contributed by atoms with Gasteiger partial charge in [0.1, 0.15) is 0 Å². The molecule has 2 rings (SSSR count). The van der Waals surface area contributed by atoms with Crippen LogP contribution in [-0.2, 0) is 37.3 Å². The summed E-state index contributed by atoms with van der Waals surface area (Å²) in [4.78, 5) is 19.0. The second-order valence-electron chi connectivity index (χ2n) is 4.83. The smallest absolute Gasteiger partial charge is 0.871 e. The van der Waals surface area contributed by atoms with Gasteiger partial charge in [-0.25, -0.2) is 9.59 Å². The van der Waals surface area contributed by atoms with E-state index in [2.05, 4.69) is 0 Å². The van der Waals surface area contributed by atoms with Crippen molar-refractivity contribution in [3.05, 3.63) is 47.5 Å². The fraction of sp³-hybridized carbons (Fsp3) is 0. The Morgan fingerprint density at radius 1 is 0.690 bits per heavy atom. The first-order valence-corrected chi connectivity index (χ1v) is 9.57. The normalized spacial score (nSPS) is 10.8. The van der Waals surface area contributed by atoms with Crippen LogP contribution in [0.1, 0.15) is 20.7 Å². The summed E-state index contributed by atoms with van der Waals surface area (Å²) < 4.78 is 59.5. The van der Waals surface area contributed by atoms with Crippen LogP contribution in [0.4, 0.5) is 0 Å². The molecule has 0 fully saturated rings. The average Bonchev–Trinajstić information content (AvgIpc) is 2.53. The van der Waals surface area contributed by atoms with Crippen molar-refractivity contribution in [1.82, 2.24) is 0 Å². The Balaban J connectivity index is 0.000000523. The molecule has 0 heterocycles. The number of hydrogen-bond donors (Lipinski definition) is 4. The van der Waals surface area contributed by atoms with Crippen LogP contribution in [0, 0.1) is 0 Å². The molecule has 4 N–H and O–H groups in total. The Labute approximate surface area is 174 Å². The van der Waals surface area contributed by atoms with Crippen LogP contribution in [0.25, 0.3) is 0 Å². The van der Waals surface area contributed by atoms with Gasteiger partial charge in [-0.3, -0.25) is 9.11 Å². The molecule has 0 spiro atoms. The third-order valence-electron chi connectivity index (χ3n) is 2.97. The molecule has 29 heavy (non-hydrogen) atoms. The maximum Gasteiger partial charge on any atom is 2.00 e. The summed E-state index contributed by atoms with van der Waals surface area (Å²) in [6, 6.07) is 5.72. The summed E-state index contributed by atoms with van der Waals surface area (Å²) in [5, 5.41) is 39.2. The maximum absolute atomic E-state index is 11.1. The van der Waals surface area contributed by atoms with Crippen LogP contribution in [0.15, 0.2) is 46.2 Å². The molecular formula is C14H10CuO12S2. The van der Waals surface area contributed by atoms with Gasteiger partial charge in [-0.15, -0.1) is 0 Å². The number of aromatic carboxylic acids is 2. The van der Waals surface area contributed by atoms with E-state index in [1.807, 2.05) is 0 Å². The largest absolute Gasteiger partial charge is 2.00 e. The van der Waals surface area contributed by atoms with Crippen molar-refractivity contribution in [1.29, 1.82) is 0 Å². The van der Waals surface area contributed by atoms with E-state index in [0.29, 0.717) is 0 Å². The first-order chi connectivity index (χ1) is 12.7. The summed E-state index contributed by atoms with van der Waals surface area (Å²) >= 11 is 0. The number of rotatable bonds is 4. The Kier molecular flexibility index (Phi) is 8.79. The molecule has 0 aliphatic heterocycles. The van der Waals surface area contributed by atoms with E-state index in [-0.39, 0.29) is 17.1 Å². The molecule has 2 aromatic carbocycles. The van der Waals surface area contributed by atoms with E-state index in [9.17, 15) is 36.6 Å². The summed E-state index contributed by atoms with van der Waals surface area (Å²) in [6.07, 6.45) is 0. The molecule has 0 atom stereocenters. The number of carbonyl (C=O) groups is 2. The first-order valence-electron chi connectivity index (χ1n) is 6.69. The van der Waals surface area contributed by atoms with E-state index in [1.165, 1.54) is 0 Å². The van der Waals surface area contributed by atoms with Gasteiger partial charge in [-0.2, -0.15) is 16.8 Å². The van der Waals surface area contributed by atoms with Gasteiger partial charge in [0.15, 0.2) is 0 Å². The van der Waals surface area contributed by atoms with Crippen molar-refractivity contribution in [2.45, 2.75) is 9.79 Å². The minimum absolute atomic E-state index is 0. The summed E-state index contributed by atoms with van der Waals surface area (Å²) in [5.74, 6) is -5.52. The molecular weight excluding hydrogens is 488 g/mol. The van der Waals surface area contributed by atoms with Gasteiger partial charge in [0.25, 0.3) is 20.2 Å². The molecule has 0 bridgehead atoms. The molecule has 15 heteroatoms. The molecule has 2 aromatic rings. The van der Waals surface area contributed by atoms with E-state index < -0.39 is 64.6 Å². The predicted octanol–water partition coefficient (Wildman–Crippen LogP) is -0.592. The van der Waals surface area contributed by atoms with Crippen LogP contribution in [0.5, 0.6) is 11.5 Å². The monoisotopic (exact) mass is 497 g/mol. The third-order valence-corrected chi connectivity index (χ3v) is 4.73. The standard InChI is InChI=1S/2C7H6O6S.Cu/c2*8-6-4(7(9)10)2-1-3-5(6)14(11,12)13;/h2*1-3,8H,(H,9,10)(H,11,12,13);/q;;+2/p-2. The minimum atomic E-state index is -4.67. The molecule has 1 radical (unpaired) electrons. The molecule has 161 valence electrons. The van der Waals surface area contributed by atoms with Gasteiger partial charge < -0.3 is 20.4 Å². The second kappa shape index (κ2) is 9.69.